The molecule has 0 bridgehead atoms. The maximum Gasteiger partial charge on any atom is 0.226 e. The summed E-state index contributed by atoms with van der Waals surface area (Å²) in [5, 5.41) is 2.99. The van der Waals surface area contributed by atoms with Gasteiger partial charge in [-0.15, -0.1) is 12.3 Å². The fraction of sp³-hybridized carbons (Fsp3) is 0.471. The molecule has 0 saturated carbocycles. The highest BCUT2D eigenvalue weighted by Gasteiger charge is 2.33. The van der Waals surface area contributed by atoms with Crippen molar-refractivity contribution in [1.29, 1.82) is 0 Å². The van der Waals surface area contributed by atoms with Crippen LogP contribution >= 0.6 is 0 Å². The maximum atomic E-state index is 12.4. The minimum absolute atomic E-state index is 0.00542. The summed E-state index contributed by atoms with van der Waals surface area (Å²) in [6.07, 6.45) is 7.45. The Labute approximate surface area is 120 Å². The van der Waals surface area contributed by atoms with E-state index >= 15 is 0 Å². The molecule has 0 spiro atoms. The van der Waals surface area contributed by atoms with E-state index in [0.29, 0.717) is 13.0 Å². The monoisotopic (exact) mass is 271 g/mol. The molecule has 1 heterocycles. The van der Waals surface area contributed by atoms with E-state index in [0.717, 1.165) is 18.4 Å². The number of carbonyl (C=O) groups excluding carboxylic acids is 1. The highest BCUT2D eigenvalue weighted by Crippen LogP contribution is 2.33. The number of hydrogen-bond acceptors (Lipinski definition) is 2. The van der Waals surface area contributed by atoms with E-state index in [1.165, 1.54) is 0 Å². The molecule has 0 radical (unpaired) electrons. The number of benzene rings is 1. The predicted octanol–water partition coefficient (Wildman–Crippen LogP) is 2.68. The normalized spacial score (nSPS) is 23.6. The molecule has 2 rings (SSSR count). The Balaban J connectivity index is 2.07. The quantitative estimate of drug-likeness (QED) is 0.855. The Bertz CT molecular complexity index is 478. The summed E-state index contributed by atoms with van der Waals surface area (Å²) in [5.74, 6) is 2.48. The number of amides is 1. The molecule has 0 aromatic heterocycles. The van der Waals surface area contributed by atoms with Crippen molar-refractivity contribution in [2.45, 2.75) is 38.3 Å². The van der Waals surface area contributed by atoms with Gasteiger partial charge in [-0.05, 0) is 25.3 Å². The third-order valence-corrected chi connectivity index (χ3v) is 3.60. The molecule has 3 unspecified atom stereocenters. The van der Waals surface area contributed by atoms with Crippen molar-refractivity contribution in [2.75, 3.05) is 6.61 Å². The summed E-state index contributed by atoms with van der Waals surface area (Å²) < 4.78 is 5.84. The van der Waals surface area contributed by atoms with Gasteiger partial charge in [-0.25, -0.2) is 0 Å². The van der Waals surface area contributed by atoms with Gasteiger partial charge in [0.15, 0.2) is 0 Å². The molecule has 106 valence electrons. The molecule has 1 aromatic rings. The van der Waals surface area contributed by atoms with Crippen molar-refractivity contribution >= 4 is 5.91 Å². The Hall–Kier alpha value is -1.79. The van der Waals surface area contributed by atoms with Gasteiger partial charge in [0.2, 0.25) is 5.91 Å². The van der Waals surface area contributed by atoms with E-state index in [4.69, 9.17) is 11.2 Å². The van der Waals surface area contributed by atoms with Crippen LogP contribution in [0, 0.1) is 18.3 Å². The van der Waals surface area contributed by atoms with Gasteiger partial charge in [0.05, 0.1) is 12.0 Å². The lowest BCUT2D eigenvalue weighted by Gasteiger charge is -2.31. The number of carbonyl (C=O) groups is 1. The second kappa shape index (κ2) is 7.12. The third-order valence-electron chi connectivity index (χ3n) is 3.60. The van der Waals surface area contributed by atoms with E-state index in [9.17, 15) is 4.79 Å². The molecule has 1 N–H and O–H groups in total. The molecule has 3 atom stereocenters. The maximum absolute atomic E-state index is 12.4. The zero-order valence-corrected chi connectivity index (χ0v) is 11.8. The first-order valence-corrected chi connectivity index (χ1v) is 7.12. The van der Waals surface area contributed by atoms with Crippen molar-refractivity contribution in [3.63, 3.8) is 0 Å². The summed E-state index contributed by atoms with van der Waals surface area (Å²) in [4.78, 5) is 12.4. The van der Waals surface area contributed by atoms with Crippen LogP contribution in [0.15, 0.2) is 30.3 Å². The van der Waals surface area contributed by atoms with Gasteiger partial charge in [0.1, 0.15) is 0 Å². The van der Waals surface area contributed by atoms with Crippen LogP contribution in [-0.4, -0.2) is 18.6 Å². The van der Waals surface area contributed by atoms with E-state index in [1.54, 1.807) is 0 Å². The van der Waals surface area contributed by atoms with Crippen LogP contribution in [0.3, 0.4) is 0 Å². The highest BCUT2D eigenvalue weighted by molar-refractivity contribution is 5.79. The summed E-state index contributed by atoms with van der Waals surface area (Å²) >= 11 is 0. The van der Waals surface area contributed by atoms with Crippen LogP contribution < -0.4 is 5.32 Å². The van der Waals surface area contributed by atoms with E-state index in [1.807, 2.05) is 37.3 Å². The number of hydrogen-bond donors (Lipinski definition) is 1. The van der Waals surface area contributed by atoms with E-state index in [-0.39, 0.29) is 24.0 Å². The van der Waals surface area contributed by atoms with E-state index < -0.39 is 0 Å². The average molecular weight is 271 g/mol. The fourth-order valence-electron chi connectivity index (χ4n) is 2.60. The SMILES string of the molecule is C#CCC(C)NC(=O)C1CCCOC1c1ccccc1. The minimum atomic E-state index is -0.150. The van der Waals surface area contributed by atoms with Crippen molar-refractivity contribution < 1.29 is 9.53 Å². The average Bonchev–Trinajstić information content (AvgIpc) is 2.48. The molecule has 1 amide bonds. The Morgan fingerprint density at radius 1 is 1.50 bits per heavy atom. The molecule has 1 aliphatic heterocycles. The third kappa shape index (κ3) is 3.61. The predicted molar refractivity (Wildman–Crippen MR) is 78.9 cm³/mol. The number of rotatable bonds is 4. The molecule has 1 saturated heterocycles. The topological polar surface area (TPSA) is 38.3 Å². The largest absolute Gasteiger partial charge is 0.373 e. The van der Waals surface area contributed by atoms with Gasteiger partial charge in [0, 0.05) is 19.1 Å². The van der Waals surface area contributed by atoms with Gasteiger partial charge in [-0.3, -0.25) is 4.79 Å². The number of nitrogens with one attached hydrogen (secondary N) is 1. The first kappa shape index (κ1) is 14.6. The Kier molecular flexibility index (Phi) is 5.20. The lowest BCUT2D eigenvalue weighted by atomic mass is 9.88. The molecule has 1 fully saturated rings. The lowest BCUT2D eigenvalue weighted by Crippen LogP contribution is -2.41. The minimum Gasteiger partial charge on any atom is -0.373 e. The van der Waals surface area contributed by atoms with Crippen LogP contribution in [0.25, 0.3) is 0 Å². The van der Waals surface area contributed by atoms with Crippen LogP contribution in [0.5, 0.6) is 0 Å². The van der Waals surface area contributed by atoms with Crippen molar-refractivity contribution in [3.8, 4) is 12.3 Å². The fourth-order valence-corrected chi connectivity index (χ4v) is 2.60. The molecule has 1 aromatic carbocycles. The molecular weight excluding hydrogens is 250 g/mol. The first-order valence-electron chi connectivity index (χ1n) is 7.12. The molecular formula is C17H21NO2. The van der Waals surface area contributed by atoms with Gasteiger partial charge in [0.25, 0.3) is 0 Å². The zero-order chi connectivity index (χ0) is 14.4. The first-order chi connectivity index (χ1) is 9.72. The van der Waals surface area contributed by atoms with Crippen molar-refractivity contribution in [2.24, 2.45) is 5.92 Å². The second-order valence-corrected chi connectivity index (χ2v) is 5.27. The van der Waals surface area contributed by atoms with Gasteiger partial charge >= 0.3 is 0 Å². The van der Waals surface area contributed by atoms with Crippen LogP contribution in [-0.2, 0) is 9.53 Å². The summed E-state index contributed by atoms with van der Waals surface area (Å²) in [7, 11) is 0. The lowest BCUT2D eigenvalue weighted by molar-refractivity contribution is -0.135. The summed E-state index contributed by atoms with van der Waals surface area (Å²) in [5.41, 5.74) is 1.07. The summed E-state index contributed by atoms with van der Waals surface area (Å²) in [6, 6.07) is 9.95. The standard InChI is InChI=1S/C17H21NO2/c1-3-8-13(2)18-17(19)15-11-7-12-20-16(15)14-9-5-4-6-10-14/h1,4-6,9-10,13,15-16H,7-8,11-12H2,2H3,(H,18,19). The van der Waals surface area contributed by atoms with Gasteiger partial charge < -0.3 is 10.1 Å². The van der Waals surface area contributed by atoms with Gasteiger partial charge in [-0.1, -0.05) is 30.3 Å². The number of ether oxygens (including phenoxy) is 1. The van der Waals surface area contributed by atoms with Crippen LogP contribution in [0.2, 0.25) is 0 Å². The summed E-state index contributed by atoms with van der Waals surface area (Å²) in [6.45, 7) is 2.64. The second-order valence-electron chi connectivity index (χ2n) is 5.27. The zero-order valence-electron chi connectivity index (χ0n) is 11.8. The Morgan fingerprint density at radius 3 is 2.95 bits per heavy atom. The molecule has 20 heavy (non-hydrogen) atoms. The van der Waals surface area contributed by atoms with Gasteiger partial charge in [-0.2, -0.15) is 0 Å². The Morgan fingerprint density at radius 2 is 2.25 bits per heavy atom. The van der Waals surface area contributed by atoms with Crippen LogP contribution in [0.4, 0.5) is 0 Å². The molecule has 3 nitrogen and oxygen atoms in total. The van der Waals surface area contributed by atoms with Crippen molar-refractivity contribution in [1.82, 2.24) is 5.32 Å². The highest BCUT2D eigenvalue weighted by atomic mass is 16.5. The number of terminal acetylenes is 1. The molecule has 3 heteroatoms. The van der Waals surface area contributed by atoms with Crippen LogP contribution in [0.1, 0.15) is 37.9 Å². The van der Waals surface area contributed by atoms with E-state index in [2.05, 4.69) is 11.2 Å². The van der Waals surface area contributed by atoms with Crippen molar-refractivity contribution in [3.05, 3.63) is 35.9 Å². The smallest absolute Gasteiger partial charge is 0.226 e. The molecule has 0 aliphatic carbocycles. The molecule has 1 aliphatic rings.